The molecular weight excluding hydrogens is 269 g/mol. The Morgan fingerprint density at radius 1 is 1.29 bits per heavy atom. The first-order valence-corrected chi connectivity index (χ1v) is 7.13. The molecule has 1 heterocycles. The molecule has 0 fully saturated rings. The van der Waals surface area contributed by atoms with Gasteiger partial charge in [-0.15, -0.1) is 0 Å². The van der Waals surface area contributed by atoms with Crippen molar-refractivity contribution in [2.75, 3.05) is 11.9 Å². The van der Waals surface area contributed by atoms with Crippen molar-refractivity contribution in [3.8, 4) is 0 Å². The Kier molecular flexibility index (Phi) is 4.42. The molecule has 0 amide bonds. The second-order valence-electron chi connectivity index (χ2n) is 6.41. The van der Waals surface area contributed by atoms with Crippen LogP contribution in [0.25, 0.3) is 10.9 Å². The Labute approximate surface area is 124 Å². The summed E-state index contributed by atoms with van der Waals surface area (Å²) in [7, 11) is 0. The number of hydrogen-bond acceptors (Lipinski definition) is 4. The Morgan fingerprint density at radius 2 is 2.00 bits per heavy atom. The van der Waals surface area contributed by atoms with Crippen LogP contribution in [0.15, 0.2) is 24.5 Å². The molecule has 5 heteroatoms. The van der Waals surface area contributed by atoms with Crippen LogP contribution in [-0.4, -0.2) is 27.7 Å². The number of aliphatic hydroxyl groups excluding tert-OH is 1. The molecule has 0 aliphatic heterocycles. The fraction of sp³-hybridized carbons (Fsp3) is 0.500. The second-order valence-corrected chi connectivity index (χ2v) is 6.41. The molecule has 0 aliphatic rings. The lowest BCUT2D eigenvalue weighted by molar-refractivity contribution is 0.0210. The molecule has 0 saturated heterocycles. The standard InChI is InChI=1S/C16H22FN3O/c1-10(2)14(21)16(3,4)8-18-15-12-7-11(17)5-6-13(12)19-9-20-15/h5-7,9-10,14,21H,8H2,1-4H3,(H,18,19,20). The van der Waals surface area contributed by atoms with E-state index in [4.69, 9.17) is 0 Å². The largest absolute Gasteiger partial charge is 0.392 e. The smallest absolute Gasteiger partial charge is 0.137 e. The second kappa shape index (κ2) is 5.93. The molecule has 0 aliphatic carbocycles. The third kappa shape index (κ3) is 3.47. The third-order valence-electron chi connectivity index (χ3n) is 3.74. The van der Waals surface area contributed by atoms with E-state index in [1.807, 2.05) is 27.7 Å². The molecule has 0 radical (unpaired) electrons. The van der Waals surface area contributed by atoms with E-state index in [0.29, 0.717) is 23.3 Å². The lowest BCUT2D eigenvalue weighted by Gasteiger charge is -2.33. The van der Waals surface area contributed by atoms with Crippen molar-refractivity contribution in [3.63, 3.8) is 0 Å². The monoisotopic (exact) mass is 291 g/mol. The van der Waals surface area contributed by atoms with Crippen molar-refractivity contribution in [2.24, 2.45) is 11.3 Å². The molecule has 2 N–H and O–H groups in total. The highest BCUT2D eigenvalue weighted by molar-refractivity contribution is 5.88. The van der Waals surface area contributed by atoms with Crippen LogP contribution in [0.4, 0.5) is 10.2 Å². The highest BCUT2D eigenvalue weighted by Crippen LogP contribution is 2.27. The van der Waals surface area contributed by atoms with E-state index in [1.165, 1.54) is 18.5 Å². The van der Waals surface area contributed by atoms with E-state index in [9.17, 15) is 9.50 Å². The summed E-state index contributed by atoms with van der Waals surface area (Å²) in [4.78, 5) is 8.31. The lowest BCUT2D eigenvalue weighted by atomic mass is 9.81. The fourth-order valence-corrected chi connectivity index (χ4v) is 2.49. The summed E-state index contributed by atoms with van der Waals surface area (Å²) in [5.74, 6) is 0.437. The summed E-state index contributed by atoms with van der Waals surface area (Å²) in [6.07, 6.45) is 1.02. The zero-order valence-corrected chi connectivity index (χ0v) is 12.9. The van der Waals surface area contributed by atoms with Gasteiger partial charge < -0.3 is 10.4 Å². The maximum absolute atomic E-state index is 13.4. The van der Waals surface area contributed by atoms with Gasteiger partial charge in [-0.2, -0.15) is 0 Å². The number of nitrogens with zero attached hydrogens (tertiary/aromatic N) is 2. The van der Waals surface area contributed by atoms with Gasteiger partial charge in [0.25, 0.3) is 0 Å². The summed E-state index contributed by atoms with van der Waals surface area (Å²) in [6, 6.07) is 4.43. The predicted octanol–water partition coefficient (Wildman–Crippen LogP) is 3.22. The molecule has 114 valence electrons. The molecule has 1 unspecified atom stereocenters. The van der Waals surface area contributed by atoms with Gasteiger partial charge in [-0.05, 0) is 24.1 Å². The molecule has 1 aromatic heterocycles. The van der Waals surface area contributed by atoms with E-state index in [0.717, 1.165) is 0 Å². The Bertz CT molecular complexity index is 628. The van der Waals surface area contributed by atoms with Gasteiger partial charge >= 0.3 is 0 Å². The molecule has 4 nitrogen and oxygen atoms in total. The van der Waals surface area contributed by atoms with E-state index in [1.54, 1.807) is 6.07 Å². The average Bonchev–Trinajstić information content (AvgIpc) is 2.44. The third-order valence-corrected chi connectivity index (χ3v) is 3.74. The predicted molar refractivity (Wildman–Crippen MR) is 82.6 cm³/mol. The summed E-state index contributed by atoms with van der Waals surface area (Å²) in [6.45, 7) is 8.50. The Morgan fingerprint density at radius 3 is 2.67 bits per heavy atom. The summed E-state index contributed by atoms with van der Waals surface area (Å²) < 4.78 is 13.4. The zero-order valence-electron chi connectivity index (χ0n) is 12.9. The van der Waals surface area contributed by atoms with Gasteiger partial charge in [0.2, 0.25) is 0 Å². The van der Waals surface area contributed by atoms with E-state index in [-0.39, 0.29) is 17.2 Å². The molecule has 1 atom stereocenters. The fourth-order valence-electron chi connectivity index (χ4n) is 2.49. The van der Waals surface area contributed by atoms with Crippen LogP contribution in [0.2, 0.25) is 0 Å². The van der Waals surface area contributed by atoms with Gasteiger partial charge in [0.15, 0.2) is 0 Å². The van der Waals surface area contributed by atoms with E-state index in [2.05, 4.69) is 15.3 Å². The first kappa shape index (κ1) is 15.6. The minimum Gasteiger partial charge on any atom is -0.392 e. The molecule has 0 spiro atoms. The average molecular weight is 291 g/mol. The number of nitrogens with one attached hydrogen (secondary N) is 1. The van der Waals surface area contributed by atoms with E-state index >= 15 is 0 Å². The van der Waals surface area contributed by atoms with Crippen LogP contribution in [-0.2, 0) is 0 Å². The zero-order chi connectivity index (χ0) is 15.6. The number of aromatic nitrogens is 2. The highest BCUT2D eigenvalue weighted by Gasteiger charge is 2.30. The number of anilines is 1. The SMILES string of the molecule is CC(C)C(O)C(C)(C)CNc1ncnc2ccc(F)cc12. The van der Waals surface area contributed by atoms with Crippen molar-refractivity contribution >= 4 is 16.7 Å². The first-order valence-electron chi connectivity index (χ1n) is 7.13. The van der Waals surface area contributed by atoms with Gasteiger partial charge in [-0.1, -0.05) is 27.7 Å². The maximum atomic E-state index is 13.4. The van der Waals surface area contributed by atoms with Gasteiger partial charge in [0.05, 0.1) is 11.6 Å². The van der Waals surface area contributed by atoms with Crippen molar-refractivity contribution < 1.29 is 9.50 Å². The van der Waals surface area contributed by atoms with Crippen LogP contribution in [0.3, 0.4) is 0 Å². The number of fused-ring (bicyclic) bond motifs is 1. The van der Waals surface area contributed by atoms with Crippen molar-refractivity contribution in [2.45, 2.75) is 33.8 Å². The van der Waals surface area contributed by atoms with E-state index < -0.39 is 6.10 Å². The lowest BCUT2D eigenvalue weighted by Crippen LogP contribution is -2.39. The molecule has 21 heavy (non-hydrogen) atoms. The topological polar surface area (TPSA) is 58.0 Å². The minimum absolute atomic E-state index is 0.168. The quantitative estimate of drug-likeness (QED) is 0.888. The number of hydrogen-bond donors (Lipinski definition) is 2. The van der Waals surface area contributed by atoms with Crippen molar-refractivity contribution in [1.82, 2.24) is 9.97 Å². The Balaban J connectivity index is 2.22. The minimum atomic E-state index is -0.435. The number of rotatable bonds is 5. The summed E-state index contributed by atoms with van der Waals surface area (Å²) in [5, 5.41) is 14.1. The number of aliphatic hydroxyl groups is 1. The highest BCUT2D eigenvalue weighted by atomic mass is 19.1. The molecule has 0 saturated carbocycles. The van der Waals surface area contributed by atoms with Gasteiger partial charge in [0, 0.05) is 17.3 Å². The first-order chi connectivity index (χ1) is 9.81. The van der Waals surface area contributed by atoms with Gasteiger partial charge in [0.1, 0.15) is 18.0 Å². The molecular formula is C16H22FN3O. The van der Waals surface area contributed by atoms with Crippen LogP contribution < -0.4 is 5.32 Å². The van der Waals surface area contributed by atoms with Crippen LogP contribution >= 0.6 is 0 Å². The maximum Gasteiger partial charge on any atom is 0.137 e. The van der Waals surface area contributed by atoms with Gasteiger partial charge in [-0.25, -0.2) is 14.4 Å². The van der Waals surface area contributed by atoms with Crippen LogP contribution in [0.1, 0.15) is 27.7 Å². The molecule has 2 rings (SSSR count). The van der Waals surface area contributed by atoms with Gasteiger partial charge in [-0.3, -0.25) is 0 Å². The Hall–Kier alpha value is -1.75. The summed E-state index contributed by atoms with van der Waals surface area (Å²) >= 11 is 0. The summed E-state index contributed by atoms with van der Waals surface area (Å²) in [5.41, 5.74) is 0.370. The molecule has 2 aromatic rings. The normalized spacial score (nSPS) is 13.7. The van der Waals surface area contributed by atoms with Crippen LogP contribution in [0.5, 0.6) is 0 Å². The number of halogens is 1. The molecule has 0 bridgehead atoms. The molecule has 1 aromatic carbocycles. The number of benzene rings is 1. The van der Waals surface area contributed by atoms with Crippen molar-refractivity contribution in [1.29, 1.82) is 0 Å². The van der Waals surface area contributed by atoms with Crippen molar-refractivity contribution in [3.05, 3.63) is 30.3 Å². The van der Waals surface area contributed by atoms with Crippen LogP contribution in [0, 0.1) is 17.2 Å².